The molecule has 0 aliphatic carbocycles. The highest BCUT2D eigenvalue weighted by Gasteiger charge is 2.46. The van der Waals surface area contributed by atoms with Crippen LogP contribution >= 0.6 is 0 Å². The number of halogens is 3. The molecule has 38 heavy (non-hydrogen) atoms. The van der Waals surface area contributed by atoms with Gasteiger partial charge in [-0.15, -0.1) is 0 Å². The predicted octanol–water partition coefficient (Wildman–Crippen LogP) is 5.65. The van der Waals surface area contributed by atoms with Gasteiger partial charge in [-0.1, -0.05) is 48.5 Å². The number of fused-ring (bicyclic) bond motifs is 1. The Morgan fingerprint density at radius 3 is 2.32 bits per heavy atom. The lowest BCUT2D eigenvalue weighted by Crippen LogP contribution is -2.45. The molecule has 0 saturated carbocycles. The number of hydroxylamine groups is 1. The van der Waals surface area contributed by atoms with Gasteiger partial charge in [0.15, 0.2) is 0 Å². The van der Waals surface area contributed by atoms with Crippen LogP contribution in [0.3, 0.4) is 0 Å². The molecule has 4 aromatic rings. The Bertz CT molecular complexity index is 1430. The summed E-state index contributed by atoms with van der Waals surface area (Å²) in [5.41, 5.74) is 4.15. The van der Waals surface area contributed by atoms with E-state index in [-0.39, 0.29) is 17.9 Å². The summed E-state index contributed by atoms with van der Waals surface area (Å²) in [7, 11) is 0. The minimum absolute atomic E-state index is 0.0931. The largest absolute Gasteiger partial charge is 0.489 e. The number of amides is 2. The molecule has 0 aliphatic heterocycles. The first-order valence-electron chi connectivity index (χ1n) is 11.6. The Morgan fingerprint density at radius 1 is 1.00 bits per heavy atom. The van der Waals surface area contributed by atoms with Gasteiger partial charge in [0.05, 0.1) is 18.0 Å². The highest BCUT2D eigenvalue weighted by molar-refractivity contribution is 5.98. The number of carbonyl (C=O) groups excluding carboxylic acids is 2. The van der Waals surface area contributed by atoms with Gasteiger partial charge in [-0.05, 0) is 48.9 Å². The van der Waals surface area contributed by atoms with Crippen LogP contribution in [0.15, 0.2) is 84.9 Å². The zero-order chi connectivity index (χ0) is 27.3. The number of ether oxygens (including phenoxy) is 1. The van der Waals surface area contributed by atoms with E-state index in [9.17, 15) is 22.8 Å². The second-order valence-electron chi connectivity index (χ2n) is 8.56. The number of aryl methyl sites for hydroxylation is 1. The first-order chi connectivity index (χ1) is 18.2. The monoisotopic (exact) mass is 523 g/mol. The first kappa shape index (κ1) is 26.6. The van der Waals surface area contributed by atoms with Gasteiger partial charge >= 0.3 is 12.1 Å². The number of aromatic nitrogens is 1. The highest BCUT2D eigenvalue weighted by Crippen LogP contribution is 2.35. The molecule has 1 atom stereocenters. The maximum atomic E-state index is 13.7. The van der Waals surface area contributed by atoms with Gasteiger partial charge in [-0.2, -0.15) is 13.2 Å². The van der Waals surface area contributed by atoms with Crippen LogP contribution in [0.4, 0.5) is 18.9 Å². The lowest BCUT2D eigenvalue weighted by molar-refractivity contribution is -0.171. The lowest BCUT2D eigenvalue weighted by Gasteiger charge is -2.32. The molecule has 10 heteroatoms. The third kappa shape index (κ3) is 6.09. The standard InChI is InChI=1S/C28H24F3N3O4/c1-18-15-20(23-9-5-6-10-24(23)32-18)17-38-22-13-11-21(12-14-22)34(27(36)28(29,30)31)25(16-26(35)33-37)19-7-3-2-4-8-19/h2-15,25,37H,16-17H2,1H3,(H,33,35). The maximum absolute atomic E-state index is 13.7. The quantitative estimate of drug-likeness (QED) is 0.230. The van der Waals surface area contributed by atoms with Gasteiger partial charge in [0.2, 0.25) is 5.91 Å². The number of alkyl halides is 3. The Kier molecular flexibility index (Phi) is 7.92. The summed E-state index contributed by atoms with van der Waals surface area (Å²) in [6.45, 7) is 2.06. The minimum Gasteiger partial charge on any atom is -0.489 e. The third-order valence-electron chi connectivity index (χ3n) is 5.90. The van der Waals surface area contributed by atoms with Gasteiger partial charge in [-0.25, -0.2) is 5.48 Å². The Balaban J connectivity index is 1.64. The van der Waals surface area contributed by atoms with Crippen LogP contribution in [-0.2, 0) is 16.2 Å². The van der Waals surface area contributed by atoms with Crippen molar-refractivity contribution in [1.82, 2.24) is 10.5 Å². The van der Waals surface area contributed by atoms with E-state index in [0.29, 0.717) is 10.6 Å². The van der Waals surface area contributed by atoms with Crippen LogP contribution in [0, 0.1) is 6.92 Å². The summed E-state index contributed by atoms with van der Waals surface area (Å²) < 4.78 is 46.9. The van der Waals surface area contributed by atoms with Crippen molar-refractivity contribution in [3.63, 3.8) is 0 Å². The van der Waals surface area contributed by atoms with Crippen LogP contribution in [0.2, 0.25) is 0 Å². The molecule has 196 valence electrons. The van der Waals surface area contributed by atoms with Crippen molar-refractivity contribution in [1.29, 1.82) is 0 Å². The lowest BCUT2D eigenvalue weighted by atomic mass is 10.00. The van der Waals surface area contributed by atoms with Crippen molar-refractivity contribution in [2.75, 3.05) is 4.90 Å². The van der Waals surface area contributed by atoms with Crippen molar-refractivity contribution in [3.05, 3.63) is 102 Å². The number of hydrogen-bond donors (Lipinski definition) is 2. The van der Waals surface area contributed by atoms with Crippen molar-refractivity contribution >= 4 is 28.4 Å². The smallest absolute Gasteiger partial charge is 0.471 e. The van der Waals surface area contributed by atoms with Crippen LogP contribution in [0.1, 0.15) is 29.3 Å². The summed E-state index contributed by atoms with van der Waals surface area (Å²) >= 11 is 0. The average Bonchev–Trinajstić information content (AvgIpc) is 2.91. The molecule has 3 aromatic carbocycles. The van der Waals surface area contributed by atoms with E-state index >= 15 is 0 Å². The maximum Gasteiger partial charge on any atom is 0.471 e. The predicted molar refractivity (Wildman–Crippen MR) is 135 cm³/mol. The van der Waals surface area contributed by atoms with E-state index in [1.54, 1.807) is 18.2 Å². The normalized spacial score (nSPS) is 12.1. The Morgan fingerprint density at radius 2 is 1.66 bits per heavy atom. The van der Waals surface area contributed by atoms with Gasteiger partial charge in [0, 0.05) is 22.3 Å². The molecule has 0 aliphatic rings. The van der Waals surface area contributed by atoms with E-state index in [1.807, 2.05) is 37.3 Å². The van der Waals surface area contributed by atoms with E-state index in [4.69, 9.17) is 9.94 Å². The zero-order valence-electron chi connectivity index (χ0n) is 20.3. The topological polar surface area (TPSA) is 91.8 Å². The fraction of sp³-hybridized carbons (Fsp3) is 0.179. The number of hydrogen-bond acceptors (Lipinski definition) is 5. The van der Waals surface area contributed by atoms with E-state index in [2.05, 4.69) is 4.98 Å². The summed E-state index contributed by atoms with van der Waals surface area (Å²) in [5.74, 6) is -2.72. The summed E-state index contributed by atoms with van der Waals surface area (Å²) in [6.07, 6.45) is -5.81. The average molecular weight is 524 g/mol. The summed E-state index contributed by atoms with van der Waals surface area (Å²) in [5, 5.41) is 9.93. The molecule has 1 heterocycles. The minimum atomic E-state index is -5.21. The van der Waals surface area contributed by atoms with Crippen molar-refractivity contribution in [2.24, 2.45) is 0 Å². The van der Waals surface area contributed by atoms with Crippen LogP contribution in [0.25, 0.3) is 10.9 Å². The molecule has 0 radical (unpaired) electrons. The third-order valence-corrected chi connectivity index (χ3v) is 5.90. The van der Waals surface area contributed by atoms with Gasteiger partial charge in [0.1, 0.15) is 12.4 Å². The molecule has 1 unspecified atom stereocenters. The van der Waals surface area contributed by atoms with Crippen molar-refractivity contribution in [2.45, 2.75) is 32.2 Å². The van der Waals surface area contributed by atoms with E-state index in [1.165, 1.54) is 41.9 Å². The molecule has 0 saturated heterocycles. The molecule has 7 nitrogen and oxygen atoms in total. The molecule has 2 N–H and O–H groups in total. The van der Waals surface area contributed by atoms with E-state index in [0.717, 1.165) is 22.2 Å². The molecule has 0 spiro atoms. The summed E-state index contributed by atoms with van der Waals surface area (Å²) in [6, 6.07) is 21.5. The molecule has 2 amide bonds. The molecular weight excluding hydrogens is 499 g/mol. The van der Waals surface area contributed by atoms with Crippen LogP contribution in [-0.4, -0.2) is 28.2 Å². The SMILES string of the molecule is Cc1cc(COc2ccc(N(C(=O)C(F)(F)F)C(CC(=O)NO)c3ccccc3)cc2)c2ccccc2n1. The molecule has 0 bridgehead atoms. The van der Waals surface area contributed by atoms with Crippen LogP contribution < -0.4 is 15.1 Å². The summed E-state index contributed by atoms with van der Waals surface area (Å²) in [4.78, 5) is 29.6. The van der Waals surface area contributed by atoms with Gasteiger partial charge in [0.25, 0.3) is 0 Å². The Labute approximate surface area is 216 Å². The number of carbonyl (C=O) groups is 2. The van der Waals surface area contributed by atoms with Crippen molar-refractivity contribution < 1.29 is 32.7 Å². The number of rotatable bonds is 8. The zero-order valence-corrected chi connectivity index (χ0v) is 20.3. The molecule has 4 rings (SSSR count). The van der Waals surface area contributed by atoms with E-state index < -0.39 is 30.5 Å². The fourth-order valence-corrected chi connectivity index (χ4v) is 4.21. The van der Waals surface area contributed by atoms with Gasteiger partial charge in [-0.3, -0.25) is 24.7 Å². The highest BCUT2D eigenvalue weighted by atomic mass is 19.4. The number of benzene rings is 3. The number of nitrogens with zero attached hydrogens (tertiary/aromatic N) is 2. The number of anilines is 1. The number of nitrogens with one attached hydrogen (secondary N) is 1. The first-order valence-corrected chi connectivity index (χ1v) is 11.6. The second kappa shape index (κ2) is 11.3. The number of para-hydroxylation sites is 1. The van der Waals surface area contributed by atoms with Gasteiger partial charge < -0.3 is 4.74 Å². The molecular formula is C28H24F3N3O4. The van der Waals surface area contributed by atoms with Crippen molar-refractivity contribution in [3.8, 4) is 5.75 Å². The Hall–Kier alpha value is -4.44. The van der Waals surface area contributed by atoms with Crippen LogP contribution in [0.5, 0.6) is 5.75 Å². The molecule has 0 fully saturated rings. The second-order valence-corrected chi connectivity index (χ2v) is 8.56. The molecule has 1 aromatic heterocycles. The number of pyridine rings is 1. The fourth-order valence-electron chi connectivity index (χ4n) is 4.21.